The Morgan fingerprint density at radius 1 is 1.50 bits per heavy atom. The maximum Gasteiger partial charge on any atom is 0.471 e. The largest absolute Gasteiger partial charge is 0.471 e. The number of hydrogen-bond donors (Lipinski definition) is 1. The summed E-state index contributed by atoms with van der Waals surface area (Å²) in [5.74, 6) is -2.36. The minimum atomic E-state index is -5.15. The summed E-state index contributed by atoms with van der Waals surface area (Å²) < 4.78 is 48.2. The molecule has 0 aromatic carbocycles. The standard InChI is InChI=1S/C8H7BrF4N2O/c9-3-1-2-7(4-10,5-14)15-6(16)8(11,12)13/h1-2H,3-4H2,(H,15,16)/b2-1+. The Balaban J connectivity index is 4.90. The molecule has 0 saturated heterocycles. The number of nitrogens with one attached hydrogen (secondary N) is 1. The van der Waals surface area contributed by atoms with Gasteiger partial charge in [-0.25, -0.2) is 4.39 Å². The van der Waals surface area contributed by atoms with Gasteiger partial charge in [0.25, 0.3) is 0 Å². The summed E-state index contributed by atoms with van der Waals surface area (Å²) in [5, 5.41) is 10.1. The third kappa shape index (κ3) is 4.18. The fraction of sp³-hybridized carbons (Fsp3) is 0.500. The smallest absolute Gasteiger partial charge is 0.325 e. The molecule has 16 heavy (non-hydrogen) atoms. The van der Waals surface area contributed by atoms with Crippen molar-refractivity contribution in [3.63, 3.8) is 0 Å². The lowest BCUT2D eigenvalue weighted by Gasteiger charge is -2.21. The van der Waals surface area contributed by atoms with Crippen molar-refractivity contribution in [2.45, 2.75) is 11.7 Å². The molecule has 0 aliphatic carbocycles. The van der Waals surface area contributed by atoms with Gasteiger partial charge in [0.15, 0.2) is 5.54 Å². The molecule has 0 radical (unpaired) electrons. The third-order valence-electron chi connectivity index (χ3n) is 1.50. The predicted molar refractivity (Wildman–Crippen MR) is 51.5 cm³/mol. The summed E-state index contributed by atoms with van der Waals surface area (Å²) >= 11 is 2.91. The number of hydrogen-bond acceptors (Lipinski definition) is 2. The normalized spacial score (nSPS) is 15.5. The first-order valence-corrected chi connectivity index (χ1v) is 5.03. The molecule has 8 heteroatoms. The monoisotopic (exact) mass is 302 g/mol. The summed E-state index contributed by atoms with van der Waals surface area (Å²) in [5.41, 5.74) is -2.28. The van der Waals surface area contributed by atoms with E-state index in [0.717, 1.165) is 6.08 Å². The van der Waals surface area contributed by atoms with E-state index in [1.54, 1.807) is 0 Å². The maximum absolute atomic E-state index is 12.5. The van der Waals surface area contributed by atoms with Crippen LogP contribution in [0.2, 0.25) is 0 Å². The van der Waals surface area contributed by atoms with Crippen LogP contribution < -0.4 is 5.32 Å². The Kier molecular flexibility index (Phi) is 5.44. The number of amides is 1. The molecule has 0 aliphatic heterocycles. The van der Waals surface area contributed by atoms with Crippen LogP contribution in [0.3, 0.4) is 0 Å². The van der Waals surface area contributed by atoms with Crippen LogP contribution in [0.4, 0.5) is 17.6 Å². The maximum atomic E-state index is 12.5. The van der Waals surface area contributed by atoms with E-state index in [2.05, 4.69) is 15.9 Å². The molecule has 0 fully saturated rings. The summed E-state index contributed by atoms with van der Waals surface area (Å²) in [6.45, 7) is -1.45. The van der Waals surface area contributed by atoms with Crippen LogP contribution in [0.5, 0.6) is 0 Å². The summed E-state index contributed by atoms with van der Waals surface area (Å²) in [7, 11) is 0. The number of halogens is 5. The van der Waals surface area contributed by atoms with E-state index in [1.807, 2.05) is 0 Å². The molecule has 1 unspecified atom stereocenters. The molecule has 0 aromatic rings. The number of allylic oxidation sites excluding steroid dienone is 1. The Labute approximate surface area is 97.2 Å². The SMILES string of the molecule is N#CC(/C=C/CBr)(CF)NC(=O)C(F)(F)F. The lowest BCUT2D eigenvalue weighted by atomic mass is 10.0. The zero-order chi connectivity index (χ0) is 12.8. The third-order valence-corrected chi connectivity index (χ3v) is 1.87. The molecular weight excluding hydrogens is 296 g/mol. The first-order chi connectivity index (χ1) is 7.31. The van der Waals surface area contributed by atoms with Crippen LogP contribution in [-0.2, 0) is 4.79 Å². The average Bonchev–Trinajstić information content (AvgIpc) is 2.22. The second-order valence-corrected chi connectivity index (χ2v) is 3.37. The van der Waals surface area contributed by atoms with Gasteiger partial charge in [0.2, 0.25) is 0 Å². The van der Waals surface area contributed by atoms with Crippen LogP contribution in [0.25, 0.3) is 0 Å². The Bertz CT molecular complexity index is 323. The topological polar surface area (TPSA) is 52.9 Å². The first kappa shape index (κ1) is 14.9. The lowest BCUT2D eigenvalue weighted by molar-refractivity contribution is -0.174. The number of alkyl halides is 5. The van der Waals surface area contributed by atoms with Gasteiger partial charge >= 0.3 is 12.1 Å². The zero-order valence-electron chi connectivity index (χ0n) is 7.81. The molecule has 3 nitrogen and oxygen atoms in total. The number of nitriles is 1. The van der Waals surface area contributed by atoms with Crippen LogP contribution >= 0.6 is 15.9 Å². The van der Waals surface area contributed by atoms with E-state index in [0.29, 0.717) is 0 Å². The van der Waals surface area contributed by atoms with E-state index >= 15 is 0 Å². The minimum Gasteiger partial charge on any atom is -0.325 e. The fourth-order valence-electron chi connectivity index (χ4n) is 0.734. The predicted octanol–water partition coefficient (Wildman–Crippen LogP) is 1.85. The van der Waals surface area contributed by atoms with Gasteiger partial charge in [-0.2, -0.15) is 18.4 Å². The molecule has 90 valence electrons. The molecule has 0 heterocycles. The number of carbonyl (C=O) groups is 1. The van der Waals surface area contributed by atoms with E-state index < -0.39 is 24.3 Å². The first-order valence-electron chi connectivity index (χ1n) is 3.91. The minimum absolute atomic E-state index is 0.221. The van der Waals surface area contributed by atoms with Crippen molar-refractivity contribution in [2.75, 3.05) is 12.0 Å². The highest BCUT2D eigenvalue weighted by molar-refractivity contribution is 9.09. The van der Waals surface area contributed by atoms with Crippen LogP contribution in [0.1, 0.15) is 0 Å². The van der Waals surface area contributed by atoms with Gasteiger partial charge in [0.1, 0.15) is 6.67 Å². The fourth-order valence-corrected chi connectivity index (χ4v) is 0.921. The van der Waals surface area contributed by atoms with Crippen molar-refractivity contribution in [2.24, 2.45) is 0 Å². The van der Waals surface area contributed by atoms with Crippen molar-refractivity contribution >= 4 is 21.8 Å². The Morgan fingerprint density at radius 3 is 2.38 bits per heavy atom. The molecule has 0 rings (SSSR count). The molecule has 0 aliphatic rings. The lowest BCUT2D eigenvalue weighted by Crippen LogP contribution is -2.52. The summed E-state index contributed by atoms with van der Waals surface area (Å²) in [4.78, 5) is 10.6. The Hall–Kier alpha value is -1.10. The number of rotatable bonds is 4. The summed E-state index contributed by atoms with van der Waals surface area (Å²) in [6, 6.07) is 1.29. The van der Waals surface area contributed by atoms with Gasteiger partial charge in [-0.1, -0.05) is 22.0 Å². The molecule has 0 bridgehead atoms. The van der Waals surface area contributed by atoms with Gasteiger partial charge in [-0.15, -0.1) is 0 Å². The molecule has 1 N–H and O–H groups in total. The highest BCUT2D eigenvalue weighted by Crippen LogP contribution is 2.17. The molecular formula is C8H7BrF4N2O. The van der Waals surface area contributed by atoms with Crippen molar-refractivity contribution in [1.82, 2.24) is 5.32 Å². The molecule has 0 spiro atoms. The Morgan fingerprint density at radius 2 is 2.06 bits per heavy atom. The average molecular weight is 303 g/mol. The highest BCUT2D eigenvalue weighted by Gasteiger charge is 2.43. The van der Waals surface area contributed by atoms with Crippen LogP contribution in [0.15, 0.2) is 12.2 Å². The van der Waals surface area contributed by atoms with Gasteiger partial charge in [-0.3, -0.25) is 4.79 Å². The van der Waals surface area contributed by atoms with Gasteiger partial charge < -0.3 is 5.32 Å². The van der Waals surface area contributed by atoms with E-state index in [-0.39, 0.29) is 5.33 Å². The second kappa shape index (κ2) is 5.84. The van der Waals surface area contributed by atoms with Crippen molar-refractivity contribution in [3.8, 4) is 6.07 Å². The van der Waals surface area contributed by atoms with Crippen molar-refractivity contribution in [1.29, 1.82) is 5.26 Å². The molecule has 0 aromatic heterocycles. The quantitative estimate of drug-likeness (QED) is 0.489. The van der Waals surface area contributed by atoms with E-state index in [4.69, 9.17) is 5.26 Å². The second-order valence-electron chi connectivity index (χ2n) is 2.73. The van der Waals surface area contributed by atoms with E-state index in [9.17, 15) is 22.4 Å². The van der Waals surface area contributed by atoms with Crippen LogP contribution in [-0.4, -0.2) is 29.6 Å². The van der Waals surface area contributed by atoms with Crippen molar-refractivity contribution < 1.29 is 22.4 Å². The highest BCUT2D eigenvalue weighted by atomic mass is 79.9. The molecule has 0 saturated carbocycles. The van der Waals surface area contributed by atoms with Crippen molar-refractivity contribution in [3.05, 3.63) is 12.2 Å². The van der Waals surface area contributed by atoms with Crippen LogP contribution in [0, 0.1) is 11.3 Å². The molecule has 1 atom stereocenters. The van der Waals surface area contributed by atoms with E-state index in [1.165, 1.54) is 17.5 Å². The number of carbonyl (C=O) groups excluding carboxylic acids is 1. The van der Waals surface area contributed by atoms with Gasteiger partial charge in [0, 0.05) is 5.33 Å². The van der Waals surface area contributed by atoms with Gasteiger partial charge in [0.05, 0.1) is 6.07 Å². The zero-order valence-corrected chi connectivity index (χ0v) is 9.40. The van der Waals surface area contributed by atoms with Gasteiger partial charge in [-0.05, 0) is 6.08 Å². The summed E-state index contributed by atoms with van der Waals surface area (Å²) in [6.07, 6.45) is -3.07. The number of nitrogens with zero attached hydrogens (tertiary/aromatic N) is 1. The molecule has 1 amide bonds.